The van der Waals surface area contributed by atoms with Crippen LogP contribution in [-0.2, 0) is 6.54 Å². The number of aromatic hydroxyl groups is 1. The number of aromatic nitrogens is 3. The van der Waals surface area contributed by atoms with Crippen LogP contribution in [0.4, 0.5) is 9.52 Å². The molecule has 24 heavy (non-hydrogen) atoms. The number of hydrogen-bond acceptors (Lipinski definition) is 5. The van der Waals surface area contributed by atoms with Gasteiger partial charge in [0.1, 0.15) is 11.6 Å². The monoisotopic (exact) mass is 340 g/mol. The van der Waals surface area contributed by atoms with Crippen LogP contribution in [0.2, 0.25) is 0 Å². The van der Waals surface area contributed by atoms with Crippen molar-refractivity contribution in [3.05, 3.63) is 66.1 Å². The smallest absolute Gasteiger partial charge is 0.214 e. The molecule has 0 saturated heterocycles. The van der Waals surface area contributed by atoms with Gasteiger partial charge in [-0.2, -0.15) is 0 Å². The molecule has 0 amide bonds. The van der Waals surface area contributed by atoms with Gasteiger partial charge in [-0.3, -0.25) is 0 Å². The zero-order valence-electron chi connectivity index (χ0n) is 12.5. The molecule has 120 valence electrons. The Morgan fingerprint density at radius 1 is 1.08 bits per heavy atom. The fourth-order valence-corrected chi connectivity index (χ4v) is 3.10. The van der Waals surface area contributed by atoms with Crippen molar-refractivity contribution in [2.24, 2.45) is 0 Å². The molecule has 2 N–H and O–H groups in total. The average molecular weight is 340 g/mol. The Labute approximate surface area is 141 Å². The molecule has 4 rings (SSSR count). The molecule has 2 heterocycles. The third-order valence-corrected chi connectivity index (χ3v) is 4.44. The molecular formula is C17H13FN4OS. The highest BCUT2D eigenvalue weighted by molar-refractivity contribution is 7.20. The average Bonchev–Trinajstić information content (AvgIpc) is 3.13. The highest BCUT2D eigenvalue weighted by atomic mass is 32.1. The Bertz CT molecular complexity index is 945. The Balaban J connectivity index is 1.51. The van der Waals surface area contributed by atoms with Crippen molar-refractivity contribution in [2.45, 2.75) is 6.54 Å². The SMILES string of the molecule is Oc1ccc(-c2cn3nc(NCc4ccc(F)cc4)sc3n2)cc1. The summed E-state index contributed by atoms with van der Waals surface area (Å²) in [5.41, 5.74) is 2.71. The standard InChI is InChI=1S/C17H13FN4OS/c18-13-5-1-11(2-6-13)9-19-16-21-22-10-15(20-17(22)24-16)12-3-7-14(23)8-4-12/h1-8,10,23H,9H2,(H,19,21). The van der Waals surface area contributed by atoms with Gasteiger partial charge < -0.3 is 10.4 Å². The predicted molar refractivity (Wildman–Crippen MR) is 91.7 cm³/mol. The van der Waals surface area contributed by atoms with Crippen LogP contribution in [-0.4, -0.2) is 19.7 Å². The first-order valence-electron chi connectivity index (χ1n) is 7.31. The number of anilines is 1. The molecule has 0 fully saturated rings. The van der Waals surface area contributed by atoms with Crippen LogP contribution >= 0.6 is 11.3 Å². The topological polar surface area (TPSA) is 62.5 Å². The van der Waals surface area contributed by atoms with Crippen molar-refractivity contribution in [1.82, 2.24) is 14.6 Å². The second kappa shape index (κ2) is 5.93. The number of halogens is 1. The summed E-state index contributed by atoms with van der Waals surface area (Å²) in [6.45, 7) is 0.571. The van der Waals surface area contributed by atoms with Crippen LogP contribution < -0.4 is 5.32 Å². The molecule has 0 aliphatic rings. The van der Waals surface area contributed by atoms with Crippen LogP contribution in [0, 0.1) is 5.82 Å². The van der Waals surface area contributed by atoms with Gasteiger partial charge in [0.05, 0.1) is 11.9 Å². The summed E-state index contributed by atoms with van der Waals surface area (Å²) in [5, 5.41) is 17.8. The third-order valence-electron chi connectivity index (χ3n) is 3.56. The van der Waals surface area contributed by atoms with Crippen LogP contribution in [0.1, 0.15) is 5.56 Å². The molecule has 0 radical (unpaired) electrons. The first kappa shape index (κ1) is 14.6. The van der Waals surface area contributed by atoms with E-state index in [9.17, 15) is 9.50 Å². The Morgan fingerprint density at radius 2 is 1.83 bits per heavy atom. The second-order valence-electron chi connectivity index (χ2n) is 5.29. The summed E-state index contributed by atoms with van der Waals surface area (Å²) in [7, 11) is 0. The number of phenolic OH excluding ortho intramolecular Hbond substituents is 1. The minimum atomic E-state index is -0.242. The van der Waals surface area contributed by atoms with Crippen molar-refractivity contribution in [2.75, 3.05) is 5.32 Å². The van der Waals surface area contributed by atoms with E-state index in [1.807, 2.05) is 18.3 Å². The van der Waals surface area contributed by atoms with Crippen LogP contribution in [0.5, 0.6) is 5.75 Å². The molecule has 0 aliphatic carbocycles. The summed E-state index contributed by atoms with van der Waals surface area (Å²) in [6, 6.07) is 13.3. The molecule has 0 atom stereocenters. The van der Waals surface area contributed by atoms with Crippen LogP contribution in [0.3, 0.4) is 0 Å². The maximum atomic E-state index is 12.9. The molecule has 4 aromatic rings. The summed E-state index contributed by atoms with van der Waals surface area (Å²) in [4.78, 5) is 5.33. The van der Waals surface area contributed by atoms with E-state index in [2.05, 4.69) is 15.4 Å². The lowest BCUT2D eigenvalue weighted by Gasteiger charge is -2.01. The van der Waals surface area contributed by atoms with E-state index < -0.39 is 0 Å². The number of nitrogens with one attached hydrogen (secondary N) is 1. The summed E-state index contributed by atoms with van der Waals surface area (Å²) in [6.07, 6.45) is 1.85. The number of benzene rings is 2. The lowest BCUT2D eigenvalue weighted by atomic mass is 10.2. The van der Waals surface area contributed by atoms with Gasteiger partial charge in [-0.15, -0.1) is 5.10 Å². The number of imidazole rings is 1. The van der Waals surface area contributed by atoms with Gasteiger partial charge in [-0.05, 0) is 42.0 Å². The van der Waals surface area contributed by atoms with Gasteiger partial charge in [0.25, 0.3) is 0 Å². The predicted octanol–water partition coefficient (Wildman–Crippen LogP) is 3.91. The highest BCUT2D eigenvalue weighted by Gasteiger charge is 2.09. The van der Waals surface area contributed by atoms with Crippen molar-refractivity contribution in [1.29, 1.82) is 0 Å². The van der Waals surface area contributed by atoms with E-state index in [1.54, 1.807) is 28.8 Å². The fraction of sp³-hybridized carbons (Fsp3) is 0.0588. The summed E-state index contributed by atoms with van der Waals surface area (Å²) < 4.78 is 14.6. The van der Waals surface area contributed by atoms with E-state index in [-0.39, 0.29) is 11.6 Å². The number of rotatable bonds is 4. The first-order valence-corrected chi connectivity index (χ1v) is 8.13. The Hall–Kier alpha value is -2.93. The Kier molecular flexibility index (Phi) is 3.62. The van der Waals surface area contributed by atoms with Gasteiger partial charge in [-0.1, -0.05) is 23.5 Å². The van der Waals surface area contributed by atoms with Gasteiger partial charge in [0.15, 0.2) is 0 Å². The molecule has 5 nitrogen and oxygen atoms in total. The van der Waals surface area contributed by atoms with Gasteiger partial charge >= 0.3 is 0 Å². The zero-order chi connectivity index (χ0) is 16.5. The fourth-order valence-electron chi connectivity index (χ4n) is 2.32. The molecule has 0 spiro atoms. The number of phenols is 1. The molecule has 0 unspecified atom stereocenters. The van der Waals surface area contributed by atoms with E-state index in [4.69, 9.17) is 0 Å². The maximum absolute atomic E-state index is 12.9. The summed E-state index contributed by atoms with van der Waals surface area (Å²) >= 11 is 1.44. The highest BCUT2D eigenvalue weighted by Crippen LogP contribution is 2.25. The van der Waals surface area contributed by atoms with E-state index in [0.29, 0.717) is 6.54 Å². The zero-order valence-corrected chi connectivity index (χ0v) is 13.3. The molecule has 0 saturated carbocycles. The third kappa shape index (κ3) is 2.93. The van der Waals surface area contributed by atoms with Crippen LogP contribution in [0.25, 0.3) is 16.2 Å². The van der Waals surface area contributed by atoms with Crippen molar-refractivity contribution in [3.8, 4) is 17.0 Å². The second-order valence-corrected chi connectivity index (χ2v) is 6.24. The molecule has 0 bridgehead atoms. The molecule has 2 aromatic heterocycles. The first-order chi connectivity index (χ1) is 11.7. The molecule has 0 aliphatic heterocycles. The van der Waals surface area contributed by atoms with Gasteiger partial charge in [-0.25, -0.2) is 13.9 Å². The molecule has 7 heteroatoms. The van der Waals surface area contributed by atoms with Crippen molar-refractivity contribution < 1.29 is 9.50 Å². The van der Waals surface area contributed by atoms with Gasteiger partial charge in [0.2, 0.25) is 10.1 Å². The number of hydrogen-bond donors (Lipinski definition) is 2. The summed E-state index contributed by atoms with van der Waals surface area (Å²) in [5.74, 6) is -0.0154. The van der Waals surface area contributed by atoms with Crippen molar-refractivity contribution in [3.63, 3.8) is 0 Å². The van der Waals surface area contributed by atoms with E-state index in [1.165, 1.54) is 23.5 Å². The molecular weight excluding hydrogens is 327 g/mol. The van der Waals surface area contributed by atoms with E-state index >= 15 is 0 Å². The minimum Gasteiger partial charge on any atom is -0.508 e. The normalized spacial score (nSPS) is 11.0. The number of nitrogens with zero attached hydrogens (tertiary/aromatic N) is 3. The largest absolute Gasteiger partial charge is 0.508 e. The van der Waals surface area contributed by atoms with Crippen LogP contribution in [0.15, 0.2) is 54.7 Å². The quantitative estimate of drug-likeness (QED) is 0.591. The number of fused-ring (bicyclic) bond motifs is 1. The van der Waals surface area contributed by atoms with Gasteiger partial charge in [0, 0.05) is 12.1 Å². The molecule has 2 aromatic carbocycles. The van der Waals surface area contributed by atoms with E-state index in [0.717, 1.165) is 26.9 Å². The van der Waals surface area contributed by atoms with Crippen molar-refractivity contribution >= 4 is 21.4 Å². The maximum Gasteiger partial charge on any atom is 0.214 e. The lowest BCUT2D eigenvalue weighted by molar-refractivity contribution is 0.475. The lowest BCUT2D eigenvalue weighted by Crippen LogP contribution is -1.99. The Morgan fingerprint density at radius 3 is 2.54 bits per heavy atom. The minimum absolute atomic E-state index is 0.227.